The fourth-order valence-electron chi connectivity index (χ4n) is 1.91. The molecular weight excluding hydrogens is 310 g/mol. The minimum atomic E-state index is -1.00. The van der Waals surface area contributed by atoms with Crippen LogP contribution in [0.5, 0.6) is 0 Å². The van der Waals surface area contributed by atoms with Crippen LogP contribution in [0.15, 0.2) is 42.5 Å². The highest BCUT2D eigenvalue weighted by Gasteiger charge is 2.40. The number of rotatable bonds is 5. The van der Waals surface area contributed by atoms with Gasteiger partial charge < -0.3 is 0 Å². The summed E-state index contributed by atoms with van der Waals surface area (Å²) in [6, 6.07) is 8.74. The molecule has 0 saturated carbocycles. The Bertz CT molecular complexity index is 800. The summed E-state index contributed by atoms with van der Waals surface area (Å²) in [7, 11) is 0. The second-order valence-electron chi connectivity index (χ2n) is 4.27. The Balaban J connectivity index is 2.79. The van der Waals surface area contributed by atoms with Crippen molar-refractivity contribution in [1.82, 2.24) is 4.70 Å². The van der Waals surface area contributed by atoms with Crippen molar-refractivity contribution < 1.29 is 14.8 Å². The number of para-hydroxylation sites is 1. The van der Waals surface area contributed by atoms with E-state index in [4.69, 9.17) is 5.53 Å². The Hall–Kier alpha value is -3.76. The maximum Gasteiger partial charge on any atom is 0.392 e. The zero-order valence-electron chi connectivity index (χ0n) is 11.3. The van der Waals surface area contributed by atoms with Crippen LogP contribution in [0.2, 0.25) is 0 Å². The third kappa shape index (κ3) is 2.97. The summed E-state index contributed by atoms with van der Waals surface area (Å²) in [5.74, 6) is 0. The average molecular weight is 318 g/mol. The molecule has 0 heterocycles. The van der Waals surface area contributed by atoms with Gasteiger partial charge in [-0.25, -0.2) is 0 Å². The van der Waals surface area contributed by atoms with Gasteiger partial charge in [0.05, 0.1) is 14.8 Å². The van der Waals surface area contributed by atoms with Crippen LogP contribution in [0.25, 0.3) is 0 Å². The maximum absolute atomic E-state index is 11.2. The number of hydrogen-bond acceptors (Lipinski definition) is 7. The highest BCUT2D eigenvalue weighted by molar-refractivity contribution is 5.76. The molecule has 11 heteroatoms. The fourth-order valence-corrected chi connectivity index (χ4v) is 1.91. The lowest BCUT2D eigenvalue weighted by Crippen LogP contribution is -2.06. The smallest absolute Gasteiger partial charge is 0.258 e. The molecule has 0 fully saturated rings. The van der Waals surface area contributed by atoms with Crippen LogP contribution in [-0.2, 0) is 0 Å². The van der Waals surface area contributed by atoms with E-state index in [1.807, 2.05) is 0 Å². The van der Waals surface area contributed by atoms with Gasteiger partial charge >= 0.3 is 17.1 Å². The number of nitro benzene ring substituents is 3. The number of hydrogen-bond donors (Lipinski definition) is 1. The van der Waals surface area contributed by atoms with Crippen molar-refractivity contribution in [2.75, 3.05) is 0 Å². The summed E-state index contributed by atoms with van der Waals surface area (Å²) in [5, 5.41) is 33.1. The molecule has 2 rings (SSSR count). The first kappa shape index (κ1) is 15.6. The lowest BCUT2D eigenvalue weighted by molar-refractivity contribution is -0.402. The summed E-state index contributed by atoms with van der Waals surface area (Å²) in [4.78, 5) is 30.1. The van der Waals surface area contributed by atoms with Crippen LogP contribution in [0.1, 0.15) is 0 Å². The minimum Gasteiger partial charge on any atom is -0.258 e. The van der Waals surface area contributed by atoms with E-state index in [1.54, 1.807) is 18.2 Å². The molecule has 11 nitrogen and oxygen atoms in total. The first-order valence-corrected chi connectivity index (χ1v) is 6.00. The Morgan fingerprint density at radius 1 is 0.739 bits per heavy atom. The third-order valence-electron chi connectivity index (χ3n) is 2.90. The van der Waals surface area contributed by atoms with E-state index in [9.17, 15) is 30.3 Å². The molecule has 0 aliphatic heterocycles. The third-order valence-corrected chi connectivity index (χ3v) is 2.90. The van der Waals surface area contributed by atoms with Gasteiger partial charge in [-0.1, -0.05) is 18.2 Å². The molecule has 0 amide bonds. The first-order chi connectivity index (χ1) is 10.8. The van der Waals surface area contributed by atoms with E-state index in [1.165, 1.54) is 12.1 Å². The monoisotopic (exact) mass is 318 g/mol. The van der Waals surface area contributed by atoms with Gasteiger partial charge in [0.1, 0.15) is 12.1 Å². The molecule has 2 aromatic carbocycles. The number of nitrogens with one attached hydrogen (secondary N) is 1. The molecule has 0 aromatic heterocycles. The summed E-state index contributed by atoms with van der Waals surface area (Å²) < 4.78 is 0.500. The quantitative estimate of drug-likeness (QED) is 0.385. The lowest BCUT2D eigenvalue weighted by atomic mass is 10.2. The second-order valence-corrected chi connectivity index (χ2v) is 4.27. The number of non-ortho nitro benzene ring substituents is 1. The summed E-state index contributed by atoms with van der Waals surface area (Å²) >= 11 is 0. The first-order valence-electron chi connectivity index (χ1n) is 6.00. The highest BCUT2D eigenvalue weighted by Crippen LogP contribution is 2.41. The van der Waals surface area contributed by atoms with E-state index in [0.29, 0.717) is 16.8 Å². The van der Waals surface area contributed by atoms with Crippen LogP contribution in [0.3, 0.4) is 0 Å². The molecule has 0 spiro atoms. The van der Waals surface area contributed by atoms with Gasteiger partial charge in [0.2, 0.25) is 5.69 Å². The Kier molecular flexibility index (Phi) is 4.03. The van der Waals surface area contributed by atoms with Gasteiger partial charge in [-0.3, -0.25) is 30.3 Å². The van der Waals surface area contributed by atoms with E-state index >= 15 is 0 Å². The molecule has 0 radical (unpaired) electrons. The van der Waals surface area contributed by atoms with E-state index in [2.05, 4.69) is 0 Å². The van der Waals surface area contributed by atoms with Crippen LogP contribution in [0, 0.1) is 35.9 Å². The van der Waals surface area contributed by atoms with Crippen molar-refractivity contribution in [3.63, 3.8) is 0 Å². The molecule has 0 saturated heterocycles. The van der Waals surface area contributed by atoms with Crippen LogP contribution < -0.4 is 4.70 Å². The van der Waals surface area contributed by atoms with Crippen molar-refractivity contribution in [1.29, 1.82) is 5.53 Å². The predicted octanol–water partition coefficient (Wildman–Crippen LogP) is 3.28. The molecule has 23 heavy (non-hydrogen) atoms. The van der Waals surface area contributed by atoms with E-state index in [-0.39, 0.29) is 5.69 Å². The summed E-state index contributed by atoms with van der Waals surface area (Å²) in [6.07, 6.45) is 0. The Morgan fingerprint density at radius 3 is 1.61 bits per heavy atom. The standard InChI is InChI=1S/C12H8N5O6/c13-14(8-4-2-1-3-5-8)12-10(16(20)21)6-9(15(18)19)7-11(12)17(22)23/h1-7,13H/q+1. The van der Waals surface area contributed by atoms with Gasteiger partial charge in [-0.05, 0) is 10.2 Å². The number of nitrogens with zero attached hydrogens (tertiary/aromatic N) is 4. The van der Waals surface area contributed by atoms with Gasteiger partial charge in [0.25, 0.3) is 5.69 Å². The molecule has 2 aromatic rings. The SMILES string of the molecule is N=[N+](c1ccccc1)c1c([N+](=O)[O-])cc([N+](=O)[O-])cc1[N+](=O)[O-]. The molecule has 116 valence electrons. The van der Waals surface area contributed by atoms with Crippen molar-refractivity contribution >= 4 is 28.4 Å². The zero-order chi connectivity index (χ0) is 17.1. The molecule has 0 bridgehead atoms. The fraction of sp³-hybridized carbons (Fsp3) is 0. The second kappa shape index (κ2) is 5.93. The maximum atomic E-state index is 11.2. The molecule has 0 atom stereocenters. The minimum absolute atomic E-state index is 0.132. The largest absolute Gasteiger partial charge is 0.392 e. The van der Waals surface area contributed by atoms with E-state index in [0.717, 1.165) is 0 Å². The molecule has 0 aliphatic rings. The normalized spacial score (nSPS) is 10.1. The lowest BCUT2D eigenvalue weighted by Gasteiger charge is -2.00. The van der Waals surface area contributed by atoms with Gasteiger partial charge in [-0.2, -0.15) is 0 Å². The highest BCUT2D eigenvalue weighted by atomic mass is 16.6. The summed E-state index contributed by atoms with van der Waals surface area (Å²) in [6.45, 7) is 0. The van der Waals surface area contributed by atoms with Gasteiger partial charge in [-0.15, -0.1) is 0 Å². The predicted molar refractivity (Wildman–Crippen MR) is 77.0 cm³/mol. The van der Waals surface area contributed by atoms with Crippen molar-refractivity contribution in [3.8, 4) is 0 Å². The number of benzene rings is 2. The van der Waals surface area contributed by atoms with Crippen LogP contribution in [-0.4, -0.2) is 14.8 Å². The van der Waals surface area contributed by atoms with Crippen LogP contribution >= 0.6 is 0 Å². The molecule has 1 N–H and O–H groups in total. The van der Waals surface area contributed by atoms with Crippen molar-refractivity contribution in [2.24, 2.45) is 0 Å². The summed E-state index contributed by atoms with van der Waals surface area (Å²) in [5.41, 5.74) is 4.84. The molecular formula is C12H8N5O6+. The zero-order valence-corrected chi connectivity index (χ0v) is 11.3. The number of nitro groups is 3. The van der Waals surface area contributed by atoms with Crippen molar-refractivity contribution in [2.45, 2.75) is 0 Å². The topological polar surface area (TPSA) is 156 Å². The van der Waals surface area contributed by atoms with Crippen molar-refractivity contribution in [3.05, 3.63) is 72.8 Å². The van der Waals surface area contributed by atoms with E-state index < -0.39 is 37.5 Å². The van der Waals surface area contributed by atoms with Crippen LogP contribution in [0.4, 0.5) is 28.4 Å². The molecule has 0 aliphatic carbocycles. The Morgan fingerprint density at radius 2 is 1.22 bits per heavy atom. The molecule has 0 unspecified atom stereocenters. The Labute approximate surface area is 127 Å². The van der Waals surface area contributed by atoms with Gasteiger partial charge in [0, 0.05) is 12.1 Å². The van der Waals surface area contributed by atoms with Gasteiger partial charge in [0.15, 0.2) is 0 Å². The average Bonchev–Trinajstić information content (AvgIpc) is 2.53.